The van der Waals surface area contributed by atoms with E-state index in [4.69, 9.17) is 10.5 Å². The lowest BCUT2D eigenvalue weighted by atomic mass is 9.57. The molecule has 4 nitrogen and oxygen atoms in total. The lowest BCUT2D eigenvalue weighted by molar-refractivity contribution is -0.00403. The zero-order valence-corrected chi connectivity index (χ0v) is 14.7. The van der Waals surface area contributed by atoms with Gasteiger partial charge in [0.25, 0.3) is 0 Å². The van der Waals surface area contributed by atoms with Gasteiger partial charge in [0, 0.05) is 12.0 Å². The largest absolute Gasteiger partial charge is 0.444 e. The zero-order chi connectivity index (χ0) is 16.3. The highest BCUT2D eigenvalue weighted by Gasteiger charge is 2.52. The molecule has 2 aliphatic rings. The molecule has 0 unspecified atom stereocenters. The lowest BCUT2D eigenvalue weighted by Gasteiger charge is -2.54. The molecule has 2 aliphatic carbocycles. The fraction of sp³-hybridized carbons (Fsp3) is 0.944. The van der Waals surface area contributed by atoms with Crippen LogP contribution < -0.4 is 11.1 Å². The first kappa shape index (κ1) is 17.6. The average molecular weight is 310 g/mol. The molecule has 2 rings (SSSR count). The van der Waals surface area contributed by atoms with Gasteiger partial charge in [-0.25, -0.2) is 4.79 Å². The van der Waals surface area contributed by atoms with E-state index in [0.29, 0.717) is 6.54 Å². The van der Waals surface area contributed by atoms with Crippen LogP contribution in [0.3, 0.4) is 0 Å². The number of hydrogen-bond donors (Lipinski definition) is 2. The summed E-state index contributed by atoms with van der Waals surface area (Å²) >= 11 is 0. The minimum atomic E-state index is -0.456. The summed E-state index contributed by atoms with van der Waals surface area (Å²) in [6.45, 7) is 6.42. The van der Waals surface area contributed by atoms with Gasteiger partial charge in [0.2, 0.25) is 0 Å². The average Bonchev–Trinajstić information content (AvgIpc) is 2.46. The number of nitrogens with two attached hydrogens (primary N) is 1. The minimum absolute atomic E-state index is 0.0581. The van der Waals surface area contributed by atoms with Crippen LogP contribution in [0.5, 0.6) is 0 Å². The van der Waals surface area contributed by atoms with Crippen LogP contribution in [0.15, 0.2) is 0 Å². The van der Waals surface area contributed by atoms with E-state index in [-0.39, 0.29) is 17.0 Å². The second-order valence-electron chi connectivity index (χ2n) is 8.31. The topological polar surface area (TPSA) is 64.3 Å². The van der Waals surface area contributed by atoms with Crippen molar-refractivity contribution in [2.75, 3.05) is 6.54 Å². The molecule has 0 aromatic carbocycles. The number of ether oxygens (including phenoxy) is 1. The summed E-state index contributed by atoms with van der Waals surface area (Å²) in [6.07, 6.45) is 11.5. The highest BCUT2D eigenvalue weighted by atomic mass is 16.6. The second-order valence-corrected chi connectivity index (χ2v) is 8.31. The van der Waals surface area contributed by atoms with Crippen molar-refractivity contribution in [1.82, 2.24) is 5.32 Å². The predicted octanol–water partition coefficient (Wildman–Crippen LogP) is 4.12. The van der Waals surface area contributed by atoms with E-state index in [1.54, 1.807) is 0 Å². The van der Waals surface area contributed by atoms with E-state index in [1.807, 2.05) is 20.8 Å². The molecule has 2 saturated carbocycles. The molecule has 0 aromatic heterocycles. The monoisotopic (exact) mass is 310 g/mol. The normalized spacial score (nSPS) is 24.5. The maximum Gasteiger partial charge on any atom is 0.408 e. The molecule has 4 heteroatoms. The second kappa shape index (κ2) is 6.77. The van der Waals surface area contributed by atoms with Crippen LogP contribution in [0.2, 0.25) is 0 Å². The van der Waals surface area contributed by atoms with Crippen molar-refractivity contribution in [1.29, 1.82) is 0 Å². The number of carbonyl (C=O) groups excluding carboxylic acids is 1. The van der Waals surface area contributed by atoms with Crippen LogP contribution in [0.1, 0.15) is 85.0 Å². The maximum absolute atomic E-state index is 12.5. The summed E-state index contributed by atoms with van der Waals surface area (Å²) in [7, 11) is 0. The molecule has 22 heavy (non-hydrogen) atoms. The van der Waals surface area contributed by atoms with Crippen LogP contribution in [0.25, 0.3) is 0 Å². The van der Waals surface area contributed by atoms with Crippen molar-refractivity contribution in [2.45, 2.75) is 96.1 Å². The summed E-state index contributed by atoms with van der Waals surface area (Å²) in [5, 5.41) is 3.31. The molecule has 2 fully saturated rings. The van der Waals surface area contributed by atoms with Gasteiger partial charge in [-0.3, -0.25) is 0 Å². The Hall–Kier alpha value is -0.770. The van der Waals surface area contributed by atoms with E-state index >= 15 is 0 Å². The molecule has 0 saturated heterocycles. The van der Waals surface area contributed by atoms with Crippen molar-refractivity contribution < 1.29 is 9.53 Å². The molecule has 0 radical (unpaired) electrons. The van der Waals surface area contributed by atoms with Gasteiger partial charge in [0.05, 0.1) is 5.54 Å². The minimum Gasteiger partial charge on any atom is -0.444 e. The molecule has 0 spiro atoms. The molecule has 0 heterocycles. The van der Waals surface area contributed by atoms with Gasteiger partial charge in [0.1, 0.15) is 5.60 Å². The predicted molar refractivity (Wildman–Crippen MR) is 89.8 cm³/mol. The molecule has 0 aliphatic heterocycles. The Bertz CT molecular complexity index is 375. The Morgan fingerprint density at radius 3 is 1.95 bits per heavy atom. The van der Waals surface area contributed by atoms with Gasteiger partial charge in [-0.05, 0) is 46.5 Å². The van der Waals surface area contributed by atoms with Gasteiger partial charge >= 0.3 is 6.09 Å². The summed E-state index contributed by atoms with van der Waals surface area (Å²) in [5.74, 6) is 0. The van der Waals surface area contributed by atoms with Crippen LogP contribution in [-0.4, -0.2) is 23.8 Å². The van der Waals surface area contributed by atoms with Gasteiger partial charge in [0.15, 0.2) is 0 Å². The lowest BCUT2D eigenvalue weighted by Crippen LogP contribution is -2.64. The van der Waals surface area contributed by atoms with Crippen LogP contribution >= 0.6 is 0 Å². The first-order valence-electron chi connectivity index (χ1n) is 9.04. The highest BCUT2D eigenvalue weighted by Crippen LogP contribution is 2.50. The van der Waals surface area contributed by atoms with Crippen molar-refractivity contribution >= 4 is 6.09 Å². The molecule has 128 valence electrons. The molecule has 3 N–H and O–H groups in total. The van der Waals surface area contributed by atoms with Crippen molar-refractivity contribution in [3.63, 3.8) is 0 Å². The summed E-state index contributed by atoms with van der Waals surface area (Å²) in [6, 6.07) is 0. The van der Waals surface area contributed by atoms with Gasteiger partial charge < -0.3 is 15.8 Å². The quantitative estimate of drug-likeness (QED) is 0.824. The number of nitrogens with one attached hydrogen (secondary N) is 1. The van der Waals surface area contributed by atoms with E-state index in [9.17, 15) is 4.79 Å². The number of hydrogen-bond acceptors (Lipinski definition) is 3. The van der Waals surface area contributed by atoms with E-state index in [2.05, 4.69) is 5.32 Å². The van der Waals surface area contributed by atoms with Gasteiger partial charge in [-0.1, -0.05) is 38.5 Å². The standard InChI is InChI=1S/C18H34N2O2/c1-16(2,3)22-15(21)20-18(12-8-5-9-13-18)17(14-19)10-6-4-7-11-17/h4-14,19H2,1-3H3,(H,20,21). The van der Waals surface area contributed by atoms with E-state index in [0.717, 1.165) is 25.7 Å². The summed E-state index contributed by atoms with van der Waals surface area (Å²) < 4.78 is 5.55. The molecule has 0 bridgehead atoms. The number of amides is 1. The Morgan fingerprint density at radius 1 is 1.00 bits per heavy atom. The van der Waals surface area contributed by atoms with E-state index in [1.165, 1.54) is 38.5 Å². The molecule has 0 atom stereocenters. The Balaban J connectivity index is 2.21. The summed E-state index contributed by atoms with van der Waals surface area (Å²) in [5.41, 5.74) is 5.70. The number of carbonyl (C=O) groups is 1. The third-order valence-electron chi connectivity index (χ3n) is 5.66. The SMILES string of the molecule is CC(C)(C)OC(=O)NC1(C2(CN)CCCCC2)CCCCC1. The van der Waals surface area contributed by atoms with Crippen molar-refractivity contribution in [3.8, 4) is 0 Å². The van der Waals surface area contributed by atoms with E-state index < -0.39 is 5.60 Å². The fourth-order valence-corrected chi connectivity index (χ4v) is 4.55. The van der Waals surface area contributed by atoms with Crippen molar-refractivity contribution in [3.05, 3.63) is 0 Å². The van der Waals surface area contributed by atoms with Crippen LogP contribution in [0, 0.1) is 5.41 Å². The fourth-order valence-electron chi connectivity index (χ4n) is 4.55. The molecular formula is C18H34N2O2. The Kier molecular flexibility index (Phi) is 5.41. The number of alkyl carbamates (subject to hydrolysis) is 1. The highest BCUT2D eigenvalue weighted by molar-refractivity contribution is 5.69. The van der Waals surface area contributed by atoms with Crippen LogP contribution in [-0.2, 0) is 4.74 Å². The summed E-state index contributed by atoms with van der Waals surface area (Å²) in [4.78, 5) is 12.5. The van der Waals surface area contributed by atoms with Gasteiger partial charge in [-0.15, -0.1) is 0 Å². The van der Waals surface area contributed by atoms with Gasteiger partial charge in [-0.2, -0.15) is 0 Å². The first-order valence-corrected chi connectivity index (χ1v) is 9.04. The maximum atomic E-state index is 12.5. The first-order chi connectivity index (χ1) is 10.3. The number of rotatable bonds is 3. The molecular weight excluding hydrogens is 276 g/mol. The van der Waals surface area contributed by atoms with Crippen LogP contribution in [0.4, 0.5) is 4.79 Å². The third kappa shape index (κ3) is 3.76. The van der Waals surface area contributed by atoms with Crippen molar-refractivity contribution in [2.24, 2.45) is 11.1 Å². The molecule has 0 aromatic rings. The molecule has 1 amide bonds. The Morgan fingerprint density at radius 2 is 1.50 bits per heavy atom. The third-order valence-corrected chi connectivity index (χ3v) is 5.66. The smallest absolute Gasteiger partial charge is 0.408 e. The zero-order valence-electron chi connectivity index (χ0n) is 14.7. The Labute approximate surface area is 135 Å².